The van der Waals surface area contributed by atoms with Gasteiger partial charge in [0, 0.05) is 12.2 Å². The van der Waals surface area contributed by atoms with E-state index in [-0.39, 0.29) is 36.5 Å². The number of rotatable bonds is 8. The van der Waals surface area contributed by atoms with Gasteiger partial charge in [0.05, 0.1) is 6.26 Å². The van der Waals surface area contributed by atoms with Crippen LogP contribution in [0.3, 0.4) is 0 Å². The van der Waals surface area contributed by atoms with Gasteiger partial charge in [-0.2, -0.15) is 0 Å². The maximum absolute atomic E-state index is 12.5. The van der Waals surface area contributed by atoms with E-state index in [1.807, 2.05) is 48.5 Å². The van der Waals surface area contributed by atoms with Gasteiger partial charge in [0.2, 0.25) is 0 Å². The van der Waals surface area contributed by atoms with E-state index in [0.717, 1.165) is 22.1 Å². The zero-order valence-corrected chi connectivity index (χ0v) is 18.7. The topological polar surface area (TPSA) is 93.7 Å². The summed E-state index contributed by atoms with van der Waals surface area (Å²) >= 11 is 0. The molecule has 7 nitrogen and oxygen atoms in total. The van der Waals surface area contributed by atoms with E-state index in [1.54, 1.807) is 42.5 Å². The van der Waals surface area contributed by atoms with Gasteiger partial charge >= 0.3 is 0 Å². The third-order valence-corrected chi connectivity index (χ3v) is 5.37. The van der Waals surface area contributed by atoms with Crippen molar-refractivity contribution < 1.29 is 23.2 Å². The molecule has 0 spiro atoms. The van der Waals surface area contributed by atoms with Gasteiger partial charge in [0.15, 0.2) is 11.5 Å². The standard InChI is InChI=1S/C28H22N2O5/c31-27(29-17-19-5-3-8-22(15-19)30-28(32)25-9-4-14-33-25)26-13-12-24(35-26)18-34-23-11-10-20-6-1-2-7-21(20)16-23/h1-16H,17-18H2,(H,29,31)(H,30,32). The van der Waals surface area contributed by atoms with Gasteiger partial charge in [-0.3, -0.25) is 9.59 Å². The fraction of sp³-hybridized carbons (Fsp3) is 0.0714. The molecule has 7 heteroatoms. The number of hydrogen-bond donors (Lipinski definition) is 2. The van der Waals surface area contributed by atoms with Crippen molar-refractivity contribution in [3.8, 4) is 5.75 Å². The molecule has 0 bridgehead atoms. The quantitative estimate of drug-likeness (QED) is 0.302. The Hall–Kier alpha value is -4.78. The van der Waals surface area contributed by atoms with Crippen LogP contribution in [-0.2, 0) is 13.2 Å². The summed E-state index contributed by atoms with van der Waals surface area (Å²) in [4.78, 5) is 24.7. The molecule has 0 aliphatic heterocycles. The lowest BCUT2D eigenvalue weighted by atomic mass is 10.1. The van der Waals surface area contributed by atoms with Crippen molar-refractivity contribution in [2.24, 2.45) is 0 Å². The summed E-state index contributed by atoms with van der Waals surface area (Å²) in [5, 5.41) is 7.83. The predicted octanol–water partition coefficient (Wildman–Crippen LogP) is 5.79. The van der Waals surface area contributed by atoms with E-state index in [1.165, 1.54) is 6.26 Å². The molecule has 0 atom stereocenters. The molecule has 0 aliphatic rings. The zero-order valence-electron chi connectivity index (χ0n) is 18.7. The van der Waals surface area contributed by atoms with Crippen LogP contribution in [0.25, 0.3) is 10.8 Å². The molecule has 5 aromatic rings. The number of anilines is 1. The van der Waals surface area contributed by atoms with Gasteiger partial charge < -0.3 is 24.2 Å². The Balaban J connectivity index is 1.14. The summed E-state index contributed by atoms with van der Waals surface area (Å²) < 4.78 is 16.6. The molecule has 0 unspecified atom stereocenters. The molecule has 0 radical (unpaired) electrons. The first-order valence-corrected chi connectivity index (χ1v) is 11.1. The summed E-state index contributed by atoms with van der Waals surface area (Å²) in [6, 6.07) is 27.7. The number of amides is 2. The van der Waals surface area contributed by atoms with Crippen LogP contribution in [0.15, 0.2) is 106 Å². The Labute approximate surface area is 201 Å². The van der Waals surface area contributed by atoms with Crippen LogP contribution < -0.4 is 15.4 Å². The largest absolute Gasteiger partial charge is 0.486 e. The van der Waals surface area contributed by atoms with Crippen molar-refractivity contribution in [1.82, 2.24) is 5.32 Å². The van der Waals surface area contributed by atoms with Crippen LogP contribution in [0, 0.1) is 0 Å². The van der Waals surface area contributed by atoms with Gasteiger partial charge in [0.1, 0.15) is 18.1 Å². The summed E-state index contributed by atoms with van der Waals surface area (Å²) in [7, 11) is 0. The normalized spacial score (nSPS) is 10.7. The number of furan rings is 2. The highest BCUT2D eigenvalue weighted by Crippen LogP contribution is 2.22. The maximum Gasteiger partial charge on any atom is 0.291 e. The highest BCUT2D eigenvalue weighted by atomic mass is 16.5. The van der Waals surface area contributed by atoms with Gasteiger partial charge in [-0.1, -0.05) is 42.5 Å². The summed E-state index contributed by atoms with van der Waals surface area (Å²) in [6.45, 7) is 0.482. The number of carbonyl (C=O) groups is 2. The lowest BCUT2D eigenvalue weighted by molar-refractivity contribution is 0.0918. The van der Waals surface area contributed by atoms with E-state index >= 15 is 0 Å². The highest BCUT2D eigenvalue weighted by Gasteiger charge is 2.13. The van der Waals surface area contributed by atoms with Crippen LogP contribution in [0.4, 0.5) is 5.69 Å². The molecule has 3 aromatic carbocycles. The summed E-state index contributed by atoms with van der Waals surface area (Å²) in [5.74, 6) is 1.01. The van der Waals surface area contributed by atoms with Gasteiger partial charge in [-0.15, -0.1) is 0 Å². The lowest BCUT2D eigenvalue weighted by Gasteiger charge is -2.08. The molecule has 0 fully saturated rings. The smallest absolute Gasteiger partial charge is 0.291 e. The van der Waals surface area contributed by atoms with Crippen molar-refractivity contribution in [3.63, 3.8) is 0 Å². The fourth-order valence-corrected chi connectivity index (χ4v) is 3.62. The number of carbonyl (C=O) groups excluding carboxylic acids is 2. The Bertz CT molecular complexity index is 1470. The van der Waals surface area contributed by atoms with Crippen LogP contribution in [0.5, 0.6) is 5.75 Å². The molecule has 2 aromatic heterocycles. The molecule has 5 rings (SSSR count). The number of ether oxygens (including phenoxy) is 1. The Morgan fingerprint density at radius 1 is 0.771 bits per heavy atom. The maximum atomic E-state index is 12.5. The Kier molecular flexibility index (Phi) is 6.30. The van der Waals surface area contributed by atoms with Crippen LogP contribution >= 0.6 is 0 Å². The first kappa shape index (κ1) is 22.0. The van der Waals surface area contributed by atoms with Crippen molar-refractivity contribution in [2.75, 3.05) is 5.32 Å². The molecular formula is C28H22N2O5. The molecule has 0 saturated carbocycles. The van der Waals surface area contributed by atoms with E-state index in [2.05, 4.69) is 10.6 Å². The van der Waals surface area contributed by atoms with Crippen molar-refractivity contribution in [3.05, 3.63) is 120 Å². The third-order valence-electron chi connectivity index (χ3n) is 5.37. The second kappa shape index (κ2) is 10.0. The number of fused-ring (bicyclic) bond motifs is 1. The van der Waals surface area contributed by atoms with Gasteiger partial charge in [-0.25, -0.2) is 0 Å². The Morgan fingerprint density at radius 2 is 1.66 bits per heavy atom. The third kappa shape index (κ3) is 5.42. The van der Waals surface area contributed by atoms with E-state index in [4.69, 9.17) is 13.6 Å². The molecule has 0 aliphatic carbocycles. The molecule has 2 heterocycles. The highest BCUT2D eigenvalue weighted by molar-refractivity contribution is 6.02. The number of benzene rings is 3. The zero-order chi connectivity index (χ0) is 24.0. The van der Waals surface area contributed by atoms with Crippen LogP contribution in [0.2, 0.25) is 0 Å². The van der Waals surface area contributed by atoms with Crippen LogP contribution in [0.1, 0.15) is 32.4 Å². The monoisotopic (exact) mass is 466 g/mol. The predicted molar refractivity (Wildman–Crippen MR) is 131 cm³/mol. The first-order chi connectivity index (χ1) is 17.1. The molecule has 0 saturated heterocycles. The van der Waals surface area contributed by atoms with E-state index in [9.17, 15) is 9.59 Å². The van der Waals surface area contributed by atoms with Crippen molar-refractivity contribution >= 4 is 28.3 Å². The minimum atomic E-state index is -0.342. The molecule has 174 valence electrons. The van der Waals surface area contributed by atoms with Crippen LogP contribution in [-0.4, -0.2) is 11.8 Å². The Morgan fingerprint density at radius 3 is 2.51 bits per heavy atom. The average Bonchev–Trinajstić information content (AvgIpc) is 3.59. The SMILES string of the molecule is O=C(Nc1cccc(CNC(=O)c2ccc(COc3ccc4ccccc4c3)o2)c1)c1ccco1. The molecular weight excluding hydrogens is 444 g/mol. The van der Waals surface area contributed by atoms with Crippen molar-refractivity contribution in [2.45, 2.75) is 13.2 Å². The number of hydrogen-bond acceptors (Lipinski definition) is 5. The second-order valence-electron chi connectivity index (χ2n) is 7.88. The summed E-state index contributed by atoms with van der Waals surface area (Å²) in [5.41, 5.74) is 1.42. The molecule has 2 amide bonds. The van der Waals surface area contributed by atoms with E-state index in [0.29, 0.717) is 11.4 Å². The molecule has 2 N–H and O–H groups in total. The van der Waals surface area contributed by atoms with E-state index < -0.39 is 0 Å². The fourth-order valence-electron chi connectivity index (χ4n) is 3.62. The first-order valence-electron chi connectivity index (χ1n) is 11.1. The average molecular weight is 466 g/mol. The van der Waals surface area contributed by atoms with Crippen molar-refractivity contribution in [1.29, 1.82) is 0 Å². The second-order valence-corrected chi connectivity index (χ2v) is 7.88. The lowest BCUT2D eigenvalue weighted by Crippen LogP contribution is -2.22. The minimum Gasteiger partial charge on any atom is -0.486 e. The number of nitrogens with one attached hydrogen (secondary N) is 2. The minimum absolute atomic E-state index is 0.199. The summed E-state index contributed by atoms with van der Waals surface area (Å²) in [6.07, 6.45) is 1.44. The van der Waals surface area contributed by atoms with Gasteiger partial charge in [0.25, 0.3) is 11.8 Å². The molecule has 35 heavy (non-hydrogen) atoms. The van der Waals surface area contributed by atoms with Gasteiger partial charge in [-0.05, 0) is 64.9 Å².